The van der Waals surface area contributed by atoms with Crippen LogP contribution in [0.4, 0.5) is 28.8 Å². The highest BCUT2D eigenvalue weighted by molar-refractivity contribution is 6.35. The molecule has 3 N–H and O–H groups in total. The van der Waals surface area contributed by atoms with E-state index in [-0.39, 0.29) is 5.91 Å². The van der Waals surface area contributed by atoms with Gasteiger partial charge in [-0.15, -0.1) is 0 Å². The molecule has 0 aliphatic heterocycles. The van der Waals surface area contributed by atoms with Gasteiger partial charge in [-0.25, -0.2) is 4.98 Å². The van der Waals surface area contributed by atoms with Crippen LogP contribution in [-0.4, -0.2) is 15.9 Å². The predicted octanol–water partition coefficient (Wildman–Crippen LogP) is 5.23. The molecule has 0 fully saturated rings. The van der Waals surface area contributed by atoms with Crippen molar-refractivity contribution in [1.29, 1.82) is 0 Å². The molecule has 1 heterocycles. The lowest BCUT2D eigenvalue weighted by Crippen LogP contribution is -2.05. The van der Waals surface area contributed by atoms with Crippen molar-refractivity contribution in [2.75, 3.05) is 16.0 Å². The molecule has 2 aromatic carbocycles. The van der Waals surface area contributed by atoms with E-state index in [2.05, 4.69) is 25.9 Å². The van der Waals surface area contributed by atoms with Gasteiger partial charge in [0, 0.05) is 40.2 Å². The molecule has 3 aromatic rings. The molecule has 0 unspecified atom stereocenters. The summed E-state index contributed by atoms with van der Waals surface area (Å²) in [4.78, 5) is 19.6. The van der Waals surface area contributed by atoms with Gasteiger partial charge in [0.15, 0.2) is 0 Å². The van der Waals surface area contributed by atoms with Crippen molar-refractivity contribution in [2.24, 2.45) is 0 Å². The second-order valence-electron chi connectivity index (χ2n) is 5.43. The number of nitrogens with one attached hydrogen (secondary N) is 3. The largest absolute Gasteiger partial charge is 0.340 e. The van der Waals surface area contributed by atoms with Crippen molar-refractivity contribution >= 4 is 57.9 Å². The van der Waals surface area contributed by atoms with Crippen molar-refractivity contribution in [3.63, 3.8) is 0 Å². The summed E-state index contributed by atoms with van der Waals surface area (Å²) >= 11 is 12.0. The van der Waals surface area contributed by atoms with E-state index < -0.39 is 0 Å². The lowest BCUT2D eigenvalue weighted by Gasteiger charge is -2.10. The summed E-state index contributed by atoms with van der Waals surface area (Å²) in [5.41, 5.74) is 2.25. The second kappa shape index (κ2) is 8.03. The number of aromatic nitrogens is 2. The molecule has 6 nitrogen and oxygen atoms in total. The first-order valence-corrected chi connectivity index (χ1v) is 8.44. The SMILES string of the molecule is CC(=O)Nc1ccc(Nc2ccnc(Nc3cc(Cl)cc(Cl)c3)n2)cc1. The topological polar surface area (TPSA) is 78.9 Å². The number of rotatable bonds is 5. The molecule has 8 heteroatoms. The average molecular weight is 388 g/mol. The number of halogens is 2. The van der Waals surface area contributed by atoms with Crippen molar-refractivity contribution < 1.29 is 4.79 Å². The second-order valence-corrected chi connectivity index (χ2v) is 6.31. The molecule has 0 bridgehead atoms. The summed E-state index contributed by atoms with van der Waals surface area (Å²) in [5.74, 6) is 0.907. The van der Waals surface area contributed by atoms with E-state index in [1.165, 1.54) is 6.92 Å². The first-order valence-electron chi connectivity index (χ1n) is 7.69. The minimum Gasteiger partial charge on any atom is -0.340 e. The zero-order valence-electron chi connectivity index (χ0n) is 13.8. The molecule has 0 aliphatic rings. The van der Waals surface area contributed by atoms with Gasteiger partial charge in [-0.05, 0) is 48.5 Å². The van der Waals surface area contributed by atoms with Crippen molar-refractivity contribution in [2.45, 2.75) is 6.92 Å². The average Bonchev–Trinajstić information content (AvgIpc) is 2.55. The van der Waals surface area contributed by atoms with Crippen LogP contribution in [0.1, 0.15) is 6.92 Å². The summed E-state index contributed by atoms with van der Waals surface area (Å²) in [5, 5.41) is 10.0. The van der Waals surface area contributed by atoms with Crippen LogP contribution in [0, 0.1) is 0 Å². The van der Waals surface area contributed by atoms with Crippen LogP contribution in [0.3, 0.4) is 0 Å². The normalized spacial score (nSPS) is 10.3. The number of anilines is 5. The monoisotopic (exact) mass is 387 g/mol. The van der Waals surface area contributed by atoms with Crippen LogP contribution in [0.2, 0.25) is 10.0 Å². The number of amides is 1. The third-order valence-corrected chi connectivity index (χ3v) is 3.69. The van der Waals surface area contributed by atoms with Gasteiger partial charge in [-0.3, -0.25) is 4.79 Å². The van der Waals surface area contributed by atoms with Crippen LogP contribution in [0.25, 0.3) is 0 Å². The van der Waals surface area contributed by atoms with Gasteiger partial charge in [-0.2, -0.15) is 4.98 Å². The molecule has 1 aromatic heterocycles. The molecule has 132 valence electrons. The maximum atomic E-state index is 11.1. The molecular weight excluding hydrogens is 373 g/mol. The summed E-state index contributed by atoms with van der Waals surface area (Å²) in [7, 11) is 0. The van der Waals surface area contributed by atoms with Gasteiger partial charge in [0.25, 0.3) is 0 Å². The van der Waals surface area contributed by atoms with Gasteiger partial charge in [-0.1, -0.05) is 23.2 Å². The minimum atomic E-state index is -0.113. The maximum Gasteiger partial charge on any atom is 0.229 e. The summed E-state index contributed by atoms with van der Waals surface area (Å²) in [6.07, 6.45) is 1.63. The molecular formula is C18H15Cl2N5O. The van der Waals surface area contributed by atoms with Crippen molar-refractivity contribution in [3.8, 4) is 0 Å². The first kappa shape index (κ1) is 18.0. The van der Waals surface area contributed by atoms with E-state index in [0.717, 1.165) is 11.4 Å². The molecule has 0 saturated carbocycles. The standard InChI is InChI=1S/C18H15Cl2N5O/c1-11(26)22-14-2-4-15(5-3-14)23-17-6-7-21-18(25-17)24-16-9-12(19)8-13(20)10-16/h2-10H,1H3,(H,22,26)(H2,21,23,24,25). The van der Waals surface area contributed by atoms with Crippen LogP contribution in [0.5, 0.6) is 0 Å². The zero-order chi connectivity index (χ0) is 18.5. The van der Waals surface area contributed by atoms with E-state index in [4.69, 9.17) is 23.2 Å². The number of carbonyl (C=O) groups excluding carboxylic acids is 1. The Morgan fingerprint density at radius 1 is 0.885 bits per heavy atom. The summed E-state index contributed by atoms with van der Waals surface area (Å²) in [6.45, 7) is 1.47. The molecule has 0 aliphatic carbocycles. The molecule has 3 rings (SSSR count). The fourth-order valence-corrected chi connectivity index (χ4v) is 2.76. The van der Waals surface area contributed by atoms with Crippen LogP contribution >= 0.6 is 23.2 Å². The van der Waals surface area contributed by atoms with E-state index >= 15 is 0 Å². The zero-order valence-corrected chi connectivity index (χ0v) is 15.3. The lowest BCUT2D eigenvalue weighted by atomic mass is 10.2. The Labute approximate surface area is 160 Å². The Balaban J connectivity index is 1.71. The Bertz CT molecular complexity index is 911. The molecule has 0 spiro atoms. The van der Waals surface area contributed by atoms with E-state index in [0.29, 0.717) is 27.5 Å². The van der Waals surface area contributed by atoms with E-state index in [9.17, 15) is 4.79 Å². The molecule has 0 saturated heterocycles. The number of nitrogens with zero attached hydrogens (tertiary/aromatic N) is 2. The number of hydrogen-bond acceptors (Lipinski definition) is 5. The highest BCUT2D eigenvalue weighted by Crippen LogP contribution is 2.25. The molecule has 0 radical (unpaired) electrons. The third-order valence-electron chi connectivity index (χ3n) is 3.25. The Morgan fingerprint density at radius 3 is 2.19 bits per heavy atom. The van der Waals surface area contributed by atoms with E-state index in [1.54, 1.807) is 42.6 Å². The van der Waals surface area contributed by atoms with Gasteiger partial charge in [0.1, 0.15) is 5.82 Å². The van der Waals surface area contributed by atoms with Crippen molar-refractivity contribution in [1.82, 2.24) is 9.97 Å². The Hall–Kier alpha value is -2.83. The predicted molar refractivity (Wildman–Crippen MR) is 106 cm³/mol. The number of benzene rings is 2. The first-order chi connectivity index (χ1) is 12.5. The van der Waals surface area contributed by atoms with Crippen LogP contribution < -0.4 is 16.0 Å². The highest BCUT2D eigenvalue weighted by Gasteiger charge is 2.04. The van der Waals surface area contributed by atoms with Crippen LogP contribution in [0.15, 0.2) is 54.7 Å². The Morgan fingerprint density at radius 2 is 1.54 bits per heavy atom. The molecule has 26 heavy (non-hydrogen) atoms. The quantitative estimate of drug-likeness (QED) is 0.558. The fourth-order valence-electron chi connectivity index (χ4n) is 2.23. The van der Waals surface area contributed by atoms with Gasteiger partial charge >= 0.3 is 0 Å². The minimum absolute atomic E-state index is 0.113. The molecule has 0 atom stereocenters. The number of carbonyl (C=O) groups is 1. The fraction of sp³-hybridized carbons (Fsp3) is 0.0556. The van der Waals surface area contributed by atoms with Gasteiger partial charge < -0.3 is 16.0 Å². The number of hydrogen-bond donors (Lipinski definition) is 3. The van der Waals surface area contributed by atoms with Gasteiger partial charge in [0.2, 0.25) is 11.9 Å². The maximum absolute atomic E-state index is 11.1. The van der Waals surface area contributed by atoms with Crippen LogP contribution in [-0.2, 0) is 4.79 Å². The summed E-state index contributed by atoms with van der Waals surface area (Å²) in [6, 6.07) is 14.2. The van der Waals surface area contributed by atoms with Crippen molar-refractivity contribution in [3.05, 3.63) is 64.8 Å². The van der Waals surface area contributed by atoms with E-state index in [1.807, 2.05) is 12.1 Å². The lowest BCUT2D eigenvalue weighted by molar-refractivity contribution is -0.114. The molecule has 1 amide bonds. The Kier molecular flexibility index (Phi) is 5.55. The highest BCUT2D eigenvalue weighted by atomic mass is 35.5. The summed E-state index contributed by atoms with van der Waals surface area (Å²) < 4.78 is 0. The third kappa shape index (κ3) is 5.08. The van der Waals surface area contributed by atoms with Gasteiger partial charge in [0.05, 0.1) is 0 Å². The smallest absolute Gasteiger partial charge is 0.229 e.